The number of carbonyl (C=O) groups is 1. The van der Waals surface area contributed by atoms with Gasteiger partial charge < -0.3 is 5.32 Å². The number of thiophene rings is 1. The zero-order valence-electron chi connectivity index (χ0n) is 17.2. The molecule has 1 amide bonds. The second-order valence-electron chi connectivity index (χ2n) is 7.67. The summed E-state index contributed by atoms with van der Waals surface area (Å²) in [5, 5.41) is 17.1. The first-order valence-electron chi connectivity index (χ1n) is 10.3. The summed E-state index contributed by atoms with van der Waals surface area (Å²) in [7, 11) is 0. The van der Waals surface area contributed by atoms with Crippen molar-refractivity contribution in [3.63, 3.8) is 0 Å². The molecule has 0 aliphatic carbocycles. The number of nitrogens with one attached hydrogen (secondary N) is 1. The number of hydrogen-bond acceptors (Lipinski definition) is 6. The Bertz CT molecular complexity index is 1190. The van der Waals surface area contributed by atoms with Crippen LogP contribution in [-0.4, -0.2) is 44.1 Å². The summed E-state index contributed by atoms with van der Waals surface area (Å²) < 4.78 is 1.55. The maximum atomic E-state index is 12.9. The molecule has 0 spiro atoms. The molecule has 0 bridgehead atoms. The topological polar surface area (TPSA) is 75.9 Å². The number of fused-ring (bicyclic) bond motifs is 1. The van der Waals surface area contributed by atoms with E-state index >= 15 is 0 Å². The summed E-state index contributed by atoms with van der Waals surface area (Å²) in [5.41, 5.74) is 3.91. The molecule has 7 nitrogen and oxygen atoms in total. The fourth-order valence-corrected chi connectivity index (χ4v) is 5.03. The molecular weight excluding hydrogens is 444 g/mol. The summed E-state index contributed by atoms with van der Waals surface area (Å²) in [4.78, 5) is 16.8. The maximum Gasteiger partial charge on any atom is 0.251 e. The SMILES string of the molecule is O=C(NCC(c1ccc(Cl)cc1)N1CCc2sccc2C1)c1ccc(-n2cnnn2)cc1. The van der Waals surface area contributed by atoms with Crippen molar-refractivity contribution >= 4 is 28.8 Å². The van der Waals surface area contributed by atoms with E-state index in [1.165, 1.54) is 16.8 Å². The summed E-state index contributed by atoms with van der Waals surface area (Å²) in [6.45, 7) is 2.34. The van der Waals surface area contributed by atoms with Crippen LogP contribution in [0.25, 0.3) is 5.69 Å². The minimum absolute atomic E-state index is 0.0600. The molecule has 5 rings (SSSR count). The molecule has 1 aliphatic heterocycles. The highest BCUT2D eigenvalue weighted by atomic mass is 35.5. The molecule has 1 N–H and O–H groups in total. The Balaban J connectivity index is 1.31. The van der Waals surface area contributed by atoms with Gasteiger partial charge in [-0.2, -0.15) is 0 Å². The monoisotopic (exact) mass is 464 g/mol. The Morgan fingerprint density at radius 2 is 1.94 bits per heavy atom. The number of aromatic nitrogens is 4. The van der Waals surface area contributed by atoms with Gasteiger partial charge in [0, 0.05) is 35.1 Å². The quantitative estimate of drug-likeness (QED) is 0.468. The summed E-state index contributed by atoms with van der Waals surface area (Å²) in [5.74, 6) is -0.111. The minimum atomic E-state index is -0.111. The minimum Gasteiger partial charge on any atom is -0.350 e. The average molecular weight is 465 g/mol. The van der Waals surface area contributed by atoms with Gasteiger partial charge in [-0.1, -0.05) is 23.7 Å². The molecule has 0 saturated heterocycles. The van der Waals surface area contributed by atoms with Crippen molar-refractivity contribution in [3.05, 3.63) is 92.9 Å². The van der Waals surface area contributed by atoms with Crippen LogP contribution in [0.5, 0.6) is 0 Å². The molecule has 3 heterocycles. The molecule has 0 saturated carbocycles. The van der Waals surface area contributed by atoms with Gasteiger partial charge in [-0.15, -0.1) is 16.4 Å². The number of amides is 1. The zero-order valence-corrected chi connectivity index (χ0v) is 18.8. The van der Waals surface area contributed by atoms with E-state index in [1.807, 2.05) is 47.7 Å². The van der Waals surface area contributed by atoms with Gasteiger partial charge in [0.1, 0.15) is 6.33 Å². The molecule has 162 valence electrons. The van der Waals surface area contributed by atoms with Crippen molar-refractivity contribution in [2.45, 2.75) is 19.0 Å². The van der Waals surface area contributed by atoms with Crippen molar-refractivity contribution in [1.82, 2.24) is 30.4 Å². The van der Waals surface area contributed by atoms with Gasteiger partial charge >= 0.3 is 0 Å². The zero-order chi connectivity index (χ0) is 21.9. The number of tetrazole rings is 1. The van der Waals surface area contributed by atoms with Gasteiger partial charge in [0.05, 0.1) is 11.7 Å². The molecule has 1 unspecified atom stereocenters. The van der Waals surface area contributed by atoms with Crippen molar-refractivity contribution in [2.75, 3.05) is 13.1 Å². The Morgan fingerprint density at radius 1 is 1.12 bits per heavy atom. The molecule has 1 aliphatic rings. The molecule has 2 aromatic heterocycles. The third-order valence-electron chi connectivity index (χ3n) is 5.73. The van der Waals surface area contributed by atoms with Crippen LogP contribution in [-0.2, 0) is 13.0 Å². The largest absolute Gasteiger partial charge is 0.350 e. The van der Waals surface area contributed by atoms with Crippen molar-refractivity contribution in [1.29, 1.82) is 0 Å². The van der Waals surface area contributed by atoms with E-state index in [-0.39, 0.29) is 11.9 Å². The molecule has 0 radical (unpaired) electrons. The number of carbonyl (C=O) groups excluding carboxylic acids is 1. The first kappa shape index (κ1) is 20.8. The molecular formula is C23H21ClN6OS. The van der Waals surface area contributed by atoms with Crippen LogP contribution >= 0.6 is 22.9 Å². The Hall–Kier alpha value is -3.07. The second kappa shape index (κ2) is 9.20. The Kier molecular flexibility index (Phi) is 5.98. The predicted octanol–water partition coefficient (Wildman–Crippen LogP) is 3.91. The van der Waals surface area contributed by atoms with Crippen LogP contribution < -0.4 is 5.32 Å². The lowest BCUT2D eigenvalue weighted by atomic mass is 10.0. The number of benzene rings is 2. The van der Waals surface area contributed by atoms with Crippen LogP contribution in [0.4, 0.5) is 0 Å². The standard InChI is InChI=1S/C23H21ClN6OS/c24-19-5-1-16(2-6-19)21(29-11-9-22-18(14-29)10-12-32-22)13-25-23(31)17-3-7-20(8-4-17)30-15-26-27-28-30/h1-8,10,12,15,21H,9,11,13-14H2,(H,25,31). The maximum absolute atomic E-state index is 12.9. The van der Waals surface area contributed by atoms with E-state index in [9.17, 15) is 4.79 Å². The first-order chi connectivity index (χ1) is 15.7. The predicted molar refractivity (Wildman–Crippen MR) is 124 cm³/mol. The molecule has 0 fully saturated rings. The summed E-state index contributed by atoms with van der Waals surface area (Å²) >= 11 is 7.94. The third-order valence-corrected chi connectivity index (χ3v) is 7.01. The van der Waals surface area contributed by atoms with E-state index < -0.39 is 0 Å². The first-order valence-corrected chi connectivity index (χ1v) is 11.6. The smallest absolute Gasteiger partial charge is 0.251 e. The lowest BCUT2D eigenvalue weighted by Gasteiger charge is -2.35. The normalized spacial score (nSPS) is 14.7. The molecule has 9 heteroatoms. The van der Waals surface area contributed by atoms with E-state index in [0.29, 0.717) is 17.1 Å². The number of rotatable bonds is 6. The average Bonchev–Trinajstić information content (AvgIpc) is 3.52. The van der Waals surface area contributed by atoms with Gasteiger partial charge in [0.15, 0.2) is 0 Å². The van der Waals surface area contributed by atoms with E-state index in [2.05, 4.69) is 37.2 Å². The highest BCUT2D eigenvalue weighted by molar-refractivity contribution is 7.10. The van der Waals surface area contributed by atoms with Gasteiger partial charge in [-0.3, -0.25) is 9.69 Å². The third kappa shape index (κ3) is 4.43. The van der Waals surface area contributed by atoms with Crippen LogP contribution in [0, 0.1) is 0 Å². The van der Waals surface area contributed by atoms with Gasteiger partial charge in [0.2, 0.25) is 0 Å². The van der Waals surface area contributed by atoms with E-state index in [0.717, 1.165) is 30.8 Å². The van der Waals surface area contributed by atoms with Crippen molar-refractivity contribution in [3.8, 4) is 5.69 Å². The van der Waals surface area contributed by atoms with Crippen LogP contribution in [0.3, 0.4) is 0 Å². The summed E-state index contributed by atoms with van der Waals surface area (Å²) in [6, 6.07) is 17.4. The fourth-order valence-electron chi connectivity index (χ4n) is 4.02. The van der Waals surface area contributed by atoms with Crippen molar-refractivity contribution in [2.24, 2.45) is 0 Å². The van der Waals surface area contributed by atoms with E-state index in [4.69, 9.17) is 11.6 Å². The lowest BCUT2D eigenvalue weighted by Crippen LogP contribution is -2.40. The molecule has 2 aromatic carbocycles. The van der Waals surface area contributed by atoms with Crippen LogP contribution in [0.15, 0.2) is 66.3 Å². The highest BCUT2D eigenvalue weighted by Crippen LogP contribution is 2.30. The fraction of sp³-hybridized carbons (Fsp3) is 0.217. The molecule has 1 atom stereocenters. The molecule has 4 aromatic rings. The van der Waals surface area contributed by atoms with Gasteiger partial charge in [0.25, 0.3) is 5.91 Å². The Morgan fingerprint density at radius 3 is 2.69 bits per heavy atom. The number of hydrogen-bond donors (Lipinski definition) is 1. The second-order valence-corrected chi connectivity index (χ2v) is 9.11. The Labute approximate surface area is 194 Å². The van der Waals surface area contributed by atoms with Gasteiger partial charge in [-0.25, -0.2) is 4.68 Å². The summed E-state index contributed by atoms with van der Waals surface area (Å²) in [6.07, 6.45) is 2.55. The van der Waals surface area contributed by atoms with Crippen LogP contribution in [0.1, 0.15) is 32.4 Å². The van der Waals surface area contributed by atoms with Crippen molar-refractivity contribution < 1.29 is 4.79 Å². The highest BCUT2D eigenvalue weighted by Gasteiger charge is 2.26. The number of nitrogens with zero attached hydrogens (tertiary/aromatic N) is 5. The van der Waals surface area contributed by atoms with Crippen LogP contribution in [0.2, 0.25) is 5.02 Å². The molecule has 32 heavy (non-hydrogen) atoms. The van der Waals surface area contributed by atoms with Gasteiger partial charge in [-0.05, 0) is 75.8 Å². The lowest BCUT2D eigenvalue weighted by molar-refractivity contribution is 0.0928. The van der Waals surface area contributed by atoms with E-state index in [1.54, 1.807) is 16.8 Å². The number of halogens is 1.